The zero-order valence-corrected chi connectivity index (χ0v) is 10.4. The molecular weight excluding hydrogens is 172 g/mol. The monoisotopic (exact) mass is 198 g/mol. The van der Waals surface area contributed by atoms with Gasteiger partial charge in [-0.15, -0.1) is 0 Å². The minimum atomic E-state index is 0.654. The summed E-state index contributed by atoms with van der Waals surface area (Å²) in [4.78, 5) is 2.65. The van der Waals surface area contributed by atoms with Crippen molar-refractivity contribution in [3.05, 3.63) is 0 Å². The summed E-state index contributed by atoms with van der Waals surface area (Å²) in [7, 11) is 0. The predicted octanol–water partition coefficient (Wildman–Crippen LogP) is 2.10. The molecule has 0 aromatic heterocycles. The van der Waals surface area contributed by atoms with E-state index in [0.29, 0.717) is 12.1 Å². The van der Waals surface area contributed by atoms with Gasteiger partial charge < -0.3 is 5.32 Å². The summed E-state index contributed by atoms with van der Waals surface area (Å²) in [5, 5.41) is 3.58. The number of nitrogens with one attached hydrogen (secondary N) is 1. The molecule has 0 aromatic carbocycles. The standard InChI is InChI=1S/C12H26N2/c1-9(2)6-12-7-13-11(5)8-14(12)10(3)4/h9-13H,6-8H2,1-5H3. The molecule has 14 heavy (non-hydrogen) atoms. The lowest BCUT2D eigenvalue weighted by Gasteiger charge is -2.42. The molecule has 1 aliphatic heterocycles. The van der Waals surface area contributed by atoms with E-state index in [1.54, 1.807) is 0 Å². The summed E-state index contributed by atoms with van der Waals surface area (Å²) in [6.07, 6.45) is 1.32. The molecule has 1 rings (SSSR count). The number of rotatable bonds is 3. The van der Waals surface area contributed by atoms with Crippen LogP contribution >= 0.6 is 0 Å². The molecule has 0 bridgehead atoms. The minimum absolute atomic E-state index is 0.654. The van der Waals surface area contributed by atoms with E-state index in [9.17, 15) is 0 Å². The van der Waals surface area contributed by atoms with Crippen LogP contribution in [0.3, 0.4) is 0 Å². The Kier molecular flexibility index (Phi) is 4.39. The van der Waals surface area contributed by atoms with Crippen LogP contribution in [-0.2, 0) is 0 Å². The number of hydrogen-bond donors (Lipinski definition) is 1. The summed E-state index contributed by atoms with van der Waals surface area (Å²) in [6.45, 7) is 13.9. The quantitative estimate of drug-likeness (QED) is 0.747. The molecule has 2 heteroatoms. The van der Waals surface area contributed by atoms with Crippen molar-refractivity contribution >= 4 is 0 Å². The van der Waals surface area contributed by atoms with Crippen LogP contribution in [0, 0.1) is 5.92 Å². The first-order valence-corrected chi connectivity index (χ1v) is 5.99. The van der Waals surface area contributed by atoms with Crippen LogP contribution in [0.15, 0.2) is 0 Å². The summed E-state index contributed by atoms with van der Waals surface area (Å²) in [5.41, 5.74) is 0. The highest BCUT2D eigenvalue weighted by Gasteiger charge is 2.27. The average Bonchev–Trinajstić information content (AvgIpc) is 2.07. The molecular formula is C12H26N2. The van der Waals surface area contributed by atoms with Gasteiger partial charge in [0.05, 0.1) is 0 Å². The van der Waals surface area contributed by atoms with Crippen molar-refractivity contribution in [3.8, 4) is 0 Å². The lowest BCUT2D eigenvalue weighted by molar-refractivity contribution is 0.0876. The number of piperazine rings is 1. The van der Waals surface area contributed by atoms with E-state index in [4.69, 9.17) is 0 Å². The summed E-state index contributed by atoms with van der Waals surface area (Å²) >= 11 is 0. The maximum Gasteiger partial charge on any atom is 0.0226 e. The van der Waals surface area contributed by atoms with Gasteiger partial charge in [-0.1, -0.05) is 13.8 Å². The predicted molar refractivity (Wildman–Crippen MR) is 62.5 cm³/mol. The molecule has 1 N–H and O–H groups in total. The van der Waals surface area contributed by atoms with Gasteiger partial charge in [0.1, 0.15) is 0 Å². The molecule has 84 valence electrons. The van der Waals surface area contributed by atoms with Crippen LogP contribution in [0.25, 0.3) is 0 Å². The molecule has 1 fully saturated rings. The van der Waals surface area contributed by atoms with E-state index >= 15 is 0 Å². The fourth-order valence-electron chi connectivity index (χ4n) is 2.38. The molecule has 1 aliphatic rings. The van der Waals surface area contributed by atoms with Gasteiger partial charge >= 0.3 is 0 Å². The second kappa shape index (κ2) is 5.13. The van der Waals surface area contributed by atoms with Gasteiger partial charge in [-0.05, 0) is 33.1 Å². The largest absolute Gasteiger partial charge is 0.311 e. The van der Waals surface area contributed by atoms with Crippen molar-refractivity contribution in [2.45, 2.75) is 59.2 Å². The zero-order valence-electron chi connectivity index (χ0n) is 10.4. The minimum Gasteiger partial charge on any atom is -0.311 e. The summed E-state index contributed by atoms with van der Waals surface area (Å²) < 4.78 is 0. The molecule has 2 nitrogen and oxygen atoms in total. The van der Waals surface area contributed by atoms with Crippen LogP contribution in [0.2, 0.25) is 0 Å². The van der Waals surface area contributed by atoms with Gasteiger partial charge in [0.25, 0.3) is 0 Å². The molecule has 1 saturated heterocycles. The van der Waals surface area contributed by atoms with Crippen LogP contribution in [0.1, 0.15) is 41.0 Å². The highest BCUT2D eigenvalue weighted by molar-refractivity contribution is 4.86. The smallest absolute Gasteiger partial charge is 0.0226 e. The van der Waals surface area contributed by atoms with Crippen LogP contribution in [0.5, 0.6) is 0 Å². The SMILES string of the molecule is CC(C)CC1CNC(C)CN1C(C)C. The Morgan fingerprint density at radius 2 is 1.93 bits per heavy atom. The third-order valence-electron chi connectivity index (χ3n) is 3.06. The second-order valence-electron chi connectivity index (χ2n) is 5.38. The zero-order chi connectivity index (χ0) is 10.7. The second-order valence-corrected chi connectivity index (χ2v) is 5.38. The Morgan fingerprint density at radius 3 is 2.43 bits per heavy atom. The number of nitrogens with zero attached hydrogens (tertiary/aromatic N) is 1. The molecule has 0 radical (unpaired) electrons. The first-order valence-electron chi connectivity index (χ1n) is 5.99. The molecule has 0 aliphatic carbocycles. The Bertz CT molecular complexity index is 166. The normalized spacial score (nSPS) is 30.2. The number of hydrogen-bond acceptors (Lipinski definition) is 2. The van der Waals surface area contributed by atoms with Crippen molar-refractivity contribution in [1.29, 1.82) is 0 Å². The first-order chi connectivity index (χ1) is 6.50. The van der Waals surface area contributed by atoms with Gasteiger partial charge in [-0.2, -0.15) is 0 Å². The van der Waals surface area contributed by atoms with Gasteiger partial charge in [-0.3, -0.25) is 4.90 Å². The van der Waals surface area contributed by atoms with E-state index in [-0.39, 0.29) is 0 Å². The van der Waals surface area contributed by atoms with Crippen molar-refractivity contribution < 1.29 is 0 Å². The van der Waals surface area contributed by atoms with Crippen LogP contribution in [-0.4, -0.2) is 36.1 Å². The van der Waals surface area contributed by atoms with E-state index in [1.807, 2.05) is 0 Å². The third-order valence-corrected chi connectivity index (χ3v) is 3.06. The molecule has 2 unspecified atom stereocenters. The molecule has 2 atom stereocenters. The lowest BCUT2D eigenvalue weighted by atomic mass is 9.98. The molecule has 1 heterocycles. The van der Waals surface area contributed by atoms with E-state index in [1.165, 1.54) is 13.0 Å². The van der Waals surface area contributed by atoms with Crippen molar-refractivity contribution in [1.82, 2.24) is 10.2 Å². The Morgan fingerprint density at radius 1 is 1.29 bits per heavy atom. The average molecular weight is 198 g/mol. The highest BCUT2D eigenvalue weighted by atomic mass is 15.2. The topological polar surface area (TPSA) is 15.3 Å². The molecule has 0 saturated carbocycles. The fourth-order valence-corrected chi connectivity index (χ4v) is 2.38. The lowest BCUT2D eigenvalue weighted by Crippen LogP contribution is -2.57. The maximum atomic E-state index is 3.58. The fraction of sp³-hybridized carbons (Fsp3) is 1.00. The van der Waals surface area contributed by atoms with Gasteiger partial charge in [-0.25, -0.2) is 0 Å². The van der Waals surface area contributed by atoms with E-state index < -0.39 is 0 Å². The Hall–Kier alpha value is -0.0800. The Labute approximate surface area is 89.1 Å². The van der Waals surface area contributed by atoms with Crippen LogP contribution in [0.4, 0.5) is 0 Å². The molecule has 0 amide bonds. The van der Waals surface area contributed by atoms with Crippen molar-refractivity contribution in [2.75, 3.05) is 13.1 Å². The Balaban J connectivity index is 2.53. The maximum absolute atomic E-state index is 3.58. The first kappa shape index (κ1) is 12.0. The third kappa shape index (κ3) is 3.25. The van der Waals surface area contributed by atoms with Crippen LogP contribution < -0.4 is 5.32 Å². The highest BCUT2D eigenvalue weighted by Crippen LogP contribution is 2.17. The van der Waals surface area contributed by atoms with Crippen molar-refractivity contribution in [3.63, 3.8) is 0 Å². The molecule has 0 aromatic rings. The van der Waals surface area contributed by atoms with Gasteiger partial charge in [0.2, 0.25) is 0 Å². The summed E-state index contributed by atoms with van der Waals surface area (Å²) in [5.74, 6) is 0.802. The van der Waals surface area contributed by atoms with E-state index in [2.05, 4.69) is 44.8 Å². The van der Waals surface area contributed by atoms with Crippen molar-refractivity contribution in [2.24, 2.45) is 5.92 Å². The van der Waals surface area contributed by atoms with Gasteiger partial charge in [0, 0.05) is 31.2 Å². The van der Waals surface area contributed by atoms with Gasteiger partial charge in [0.15, 0.2) is 0 Å². The van der Waals surface area contributed by atoms with E-state index in [0.717, 1.165) is 18.5 Å². The molecule has 0 spiro atoms. The summed E-state index contributed by atoms with van der Waals surface area (Å²) in [6, 6.07) is 2.08.